The fourth-order valence-electron chi connectivity index (χ4n) is 4.22. The van der Waals surface area contributed by atoms with E-state index in [0.717, 1.165) is 54.4 Å². The molecule has 2 aliphatic rings. The van der Waals surface area contributed by atoms with Crippen LogP contribution < -0.4 is 0 Å². The molecule has 1 fully saturated rings. The van der Waals surface area contributed by atoms with E-state index in [1.54, 1.807) is 24.2 Å². The third kappa shape index (κ3) is 4.19. The molecular formula is C23H28FN3OS. The second-order valence-corrected chi connectivity index (χ2v) is 9.59. The summed E-state index contributed by atoms with van der Waals surface area (Å²) in [6.07, 6.45) is 8.90. The van der Waals surface area contributed by atoms with Crippen LogP contribution in [0.3, 0.4) is 0 Å². The van der Waals surface area contributed by atoms with Crippen LogP contribution in [0.4, 0.5) is 4.39 Å². The van der Waals surface area contributed by atoms with E-state index in [4.69, 9.17) is 0 Å². The van der Waals surface area contributed by atoms with Gasteiger partial charge >= 0.3 is 0 Å². The lowest BCUT2D eigenvalue weighted by Gasteiger charge is -2.34. The fraction of sp³-hybridized carbons (Fsp3) is 0.478. The molecule has 0 radical (unpaired) electrons. The lowest BCUT2D eigenvalue weighted by atomic mass is 9.76. The third-order valence-electron chi connectivity index (χ3n) is 6.14. The van der Waals surface area contributed by atoms with Crippen molar-refractivity contribution in [2.45, 2.75) is 33.1 Å². The zero-order valence-corrected chi connectivity index (χ0v) is 18.2. The molecule has 1 amide bonds. The number of benzene rings is 1. The van der Waals surface area contributed by atoms with E-state index < -0.39 is 0 Å². The Morgan fingerprint density at radius 1 is 1.21 bits per heavy atom. The number of hydrogen-bond donors (Lipinski definition) is 0. The number of fused-ring (bicyclic) bond motifs is 1. The van der Waals surface area contributed by atoms with E-state index in [9.17, 15) is 9.18 Å². The van der Waals surface area contributed by atoms with E-state index in [-0.39, 0.29) is 17.1 Å². The summed E-state index contributed by atoms with van der Waals surface area (Å²) in [7, 11) is 0. The first kappa shape index (κ1) is 20.4. The maximum atomic E-state index is 14.1. The van der Waals surface area contributed by atoms with Gasteiger partial charge in [0, 0.05) is 43.3 Å². The Labute approximate surface area is 176 Å². The SMILES string of the molecule is CSN1CCN(C(=O)c2cnc3ccc(F)cc3c2C2=CCC(C)(C)CC2)CC1. The van der Waals surface area contributed by atoms with E-state index in [1.165, 1.54) is 12.1 Å². The number of carbonyl (C=O) groups excluding carboxylic acids is 1. The molecule has 1 aromatic carbocycles. The molecule has 1 aliphatic heterocycles. The Hall–Kier alpha value is -1.92. The zero-order valence-electron chi connectivity index (χ0n) is 17.4. The second-order valence-electron chi connectivity index (χ2n) is 8.71. The Kier molecular flexibility index (Phi) is 5.67. The van der Waals surface area contributed by atoms with Crippen LogP contribution in [-0.4, -0.2) is 52.5 Å². The molecule has 1 aliphatic carbocycles. The van der Waals surface area contributed by atoms with E-state index >= 15 is 0 Å². The summed E-state index contributed by atoms with van der Waals surface area (Å²) in [4.78, 5) is 19.9. The largest absolute Gasteiger partial charge is 0.336 e. The van der Waals surface area contributed by atoms with Crippen molar-refractivity contribution < 1.29 is 9.18 Å². The van der Waals surface area contributed by atoms with Gasteiger partial charge in [0.05, 0.1) is 11.1 Å². The first-order valence-electron chi connectivity index (χ1n) is 10.2. The summed E-state index contributed by atoms with van der Waals surface area (Å²) in [5, 5.41) is 0.740. The number of carbonyl (C=O) groups is 1. The highest BCUT2D eigenvalue weighted by molar-refractivity contribution is 7.96. The van der Waals surface area contributed by atoms with Crippen molar-refractivity contribution in [1.29, 1.82) is 0 Å². The van der Waals surface area contributed by atoms with E-state index in [0.29, 0.717) is 18.7 Å². The van der Waals surface area contributed by atoms with Gasteiger partial charge in [-0.05, 0) is 54.7 Å². The minimum Gasteiger partial charge on any atom is -0.336 e. The lowest BCUT2D eigenvalue weighted by molar-refractivity contribution is 0.0703. The summed E-state index contributed by atoms with van der Waals surface area (Å²) in [6.45, 7) is 7.64. The van der Waals surface area contributed by atoms with Crippen LogP contribution in [0.15, 0.2) is 30.5 Å². The highest BCUT2D eigenvalue weighted by Crippen LogP contribution is 2.41. The molecule has 29 heavy (non-hydrogen) atoms. The van der Waals surface area contributed by atoms with Crippen LogP contribution in [0.5, 0.6) is 0 Å². The second kappa shape index (κ2) is 8.07. The first-order chi connectivity index (χ1) is 13.9. The van der Waals surface area contributed by atoms with Crippen LogP contribution in [0, 0.1) is 11.2 Å². The van der Waals surface area contributed by atoms with Crippen molar-refractivity contribution in [3.05, 3.63) is 47.4 Å². The maximum absolute atomic E-state index is 14.1. The smallest absolute Gasteiger partial charge is 0.256 e. The molecule has 0 N–H and O–H groups in total. The van der Waals surface area contributed by atoms with Gasteiger partial charge in [-0.3, -0.25) is 9.78 Å². The minimum absolute atomic E-state index is 0.00477. The monoisotopic (exact) mass is 413 g/mol. The third-order valence-corrected chi connectivity index (χ3v) is 7.02. The van der Waals surface area contributed by atoms with E-state index in [2.05, 4.69) is 35.5 Å². The van der Waals surface area contributed by atoms with Crippen molar-refractivity contribution in [2.75, 3.05) is 32.4 Å². The molecule has 154 valence electrons. The van der Waals surface area contributed by atoms with Crippen LogP contribution in [-0.2, 0) is 0 Å². The van der Waals surface area contributed by atoms with Gasteiger partial charge in [-0.15, -0.1) is 0 Å². The summed E-state index contributed by atoms with van der Waals surface area (Å²) < 4.78 is 16.4. The maximum Gasteiger partial charge on any atom is 0.256 e. The molecule has 0 bridgehead atoms. The molecule has 0 spiro atoms. The molecule has 0 saturated carbocycles. The summed E-state index contributed by atoms with van der Waals surface area (Å²) in [5.41, 5.74) is 3.62. The molecule has 4 rings (SSSR count). The van der Waals surface area contributed by atoms with Gasteiger partial charge in [-0.2, -0.15) is 0 Å². The predicted octanol–water partition coefficient (Wildman–Crippen LogP) is 5.00. The quantitative estimate of drug-likeness (QED) is 0.663. The minimum atomic E-state index is -0.296. The van der Waals surface area contributed by atoms with Crippen molar-refractivity contribution in [3.8, 4) is 0 Å². The Balaban J connectivity index is 1.78. The molecule has 1 saturated heterocycles. The molecule has 6 heteroatoms. The topological polar surface area (TPSA) is 36.4 Å². The summed E-state index contributed by atoms with van der Waals surface area (Å²) in [5.74, 6) is -0.291. The Morgan fingerprint density at radius 2 is 1.97 bits per heavy atom. The number of nitrogens with zero attached hydrogens (tertiary/aromatic N) is 3. The van der Waals surface area contributed by atoms with Crippen LogP contribution >= 0.6 is 11.9 Å². The molecule has 2 aromatic rings. The van der Waals surface area contributed by atoms with Gasteiger partial charge in [0.2, 0.25) is 0 Å². The number of pyridine rings is 1. The Morgan fingerprint density at radius 3 is 2.62 bits per heavy atom. The standard InChI is InChI=1S/C23H28FN3OS/c1-23(2)8-6-16(7-9-23)21-18-14-17(24)4-5-20(18)25-15-19(21)22(28)26-10-12-27(29-3)13-11-26/h4-6,14-15H,7-13H2,1-3H3. The molecule has 4 nitrogen and oxygen atoms in total. The van der Waals surface area contributed by atoms with Crippen molar-refractivity contribution >= 4 is 34.3 Å². The molecule has 0 unspecified atom stereocenters. The van der Waals surface area contributed by atoms with Gasteiger partial charge in [0.25, 0.3) is 5.91 Å². The normalized spacial score (nSPS) is 20.0. The number of amides is 1. The van der Waals surface area contributed by atoms with Crippen LogP contribution in [0.1, 0.15) is 49.0 Å². The number of aromatic nitrogens is 1. The number of hydrogen-bond acceptors (Lipinski definition) is 4. The van der Waals surface area contributed by atoms with Gasteiger partial charge in [0.1, 0.15) is 5.82 Å². The number of halogens is 1. The molecule has 0 atom stereocenters. The first-order valence-corrected chi connectivity index (χ1v) is 11.4. The van der Waals surface area contributed by atoms with Gasteiger partial charge < -0.3 is 4.90 Å². The fourth-order valence-corrected chi connectivity index (χ4v) is 4.75. The number of rotatable bonds is 3. The van der Waals surface area contributed by atoms with Gasteiger partial charge in [-0.1, -0.05) is 31.9 Å². The molecule has 1 aromatic heterocycles. The number of piperazine rings is 1. The van der Waals surface area contributed by atoms with Crippen molar-refractivity contribution in [1.82, 2.24) is 14.2 Å². The summed E-state index contributed by atoms with van der Waals surface area (Å²) >= 11 is 1.72. The molecule has 2 heterocycles. The van der Waals surface area contributed by atoms with E-state index in [1.807, 2.05) is 4.90 Å². The zero-order chi connectivity index (χ0) is 20.6. The lowest BCUT2D eigenvalue weighted by Crippen LogP contribution is -2.46. The number of allylic oxidation sites excluding steroid dienone is 2. The van der Waals surface area contributed by atoms with Crippen LogP contribution in [0.2, 0.25) is 0 Å². The molecular weight excluding hydrogens is 385 g/mol. The summed E-state index contributed by atoms with van der Waals surface area (Å²) in [6, 6.07) is 4.66. The van der Waals surface area contributed by atoms with Gasteiger partial charge in [0.15, 0.2) is 0 Å². The van der Waals surface area contributed by atoms with Crippen LogP contribution in [0.25, 0.3) is 16.5 Å². The average molecular weight is 414 g/mol. The average Bonchev–Trinajstić information content (AvgIpc) is 2.73. The predicted molar refractivity (Wildman–Crippen MR) is 118 cm³/mol. The van der Waals surface area contributed by atoms with Crippen molar-refractivity contribution in [3.63, 3.8) is 0 Å². The van der Waals surface area contributed by atoms with Gasteiger partial charge in [-0.25, -0.2) is 8.70 Å². The van der Waals surface area contributed by atoms with Crippen molar-refractivity contribution in [2.24, 2.45) is 5.41 Å². The highest BCUT2D eigenvalue weighted by Gasteiger charge is 2.29. The highest BCUT2D eigenvalue weighted by atomic mass is 32.2. The Bertz CT molecular complexity index is 964.